The molecule has 3 nitrogen and oxygen atoms in total. The molecule has 17 heavy (non-hydrogen) atoms. The number of aliphatic hydroxyl groups is 1. The molecule has 1 N–H and O–H groups in total. The van der Waals surface area contributed by atoms with E-state index in [-0.39, 0.29) is 0 Å². The van der Waals surface area contributed by atoms with Crippen LogP contribution in [0.1, 0.15) is 35.4 Å². The Morgan fingerprint density at radius 3 is 2.65 bits per heavy atom. The first kappa shape index (κ1) is 11.9. The minimum Gasteiger partial charge on any atom is -0.382 e. The van der Waals surface area contributed by atoms with Crippen LogP contribution < -0.4 is 0 Å². The highest BCUT2D eigenvalue weighted by atomic mass is 16.3. The van der Waals surface area contributed by atoms with Crippen molar-refractivity contribution in [1.82, 2.24) is 9.78 Å². The molecule has 1 aromatic carbocycles. The third-order valence-corrected chi connectivity index (χ3v) is 3.18. The van der Waals surface area contributed by atoms with Crippen molar-refractivity contribution in [1.29, 1.82) is 0 Å². The Labute approximate surface area is 102 Å². The lowest BCUT2D eigenvalue weighted by molar-refractivity contribution is 0.208. The quantitative estimate of drug-likeness (QED) is 0.880. The summed E-state index contributed by atoms with van der Waals surface area (Å²) in [4.78, 5) is 0. The van der Waals surface area contributed by atoms with Crippen LogP contribution >= 0.6 is 0 Å². The molecule has 0 radical (unpaired) electrons. The highest BCUT2D eigenvalue weighted by Crippen LogP contribution is 2.23. The van der Waals surface area contributed by atoms with E-state index in [0.717, 1.165) is 17.8 Å². The first-order valence-corrected chi connectivity index (χ1v) is 5.90. The maximum atomic E-state index is 10.3. The zero-order valence-corrected chi connectivity index (χ0v) is 10.5. The monoisotopic (exact) mass is 230 g/mol. The number of aryl methyl sites for hydroxylation is 3. The summed E-state index contributed by atoms with van der Waals surface area (Å²) in [5, 5.41) is 14.5. The Bertz CT molecular complexity index is 517. The van der Waals surface area contributed by atoms with E-state index in [0.29, 0.717) is 0 Å². The summed E-state index contributed by atoms with van der Waals surface area (Å²) in [6.07, 6.45) is 1.13. The van der Waals surface area contributed by atoms with Crippen LogP contribution in [0.3, 0.4) is 0 Å². The van der Waals surface area contributed by atoms with E-state index in [1.807, 2.05) is 35.9 Å². The van der Waals surface area contributed by atoms with Gasteiger partial charge in [0.1, 0.15) is 6.10 Å². The highest BCUT2D eigenvalue weighted by Gasteiger charge is 2.15. The standard InChI is InChI=1S/C14H18N2O/c1-4-16-13(7-8-15-16)14(17)12-6-5-10(2)11(3)9-12/h5-9,14,17H,4H2,1-3H3. The van der Waals surface area contributed by atoms with Gasteiger partial charge in [-0.2, -0.15) is 5.10 Å². The Balaban J connectivity index is 2.36. The van der Waals surface area contributed by atoms with Crippen LogP contribution in [0.2, 0.25) is 0 Å². The van der Waals surface area contributed by atoms with Gasteiger partial charge in [-0.25, -0.2) is 0 Å². The van der Waals surface area contributed by atoms with Gasteiger partial charge in [0.05, 0.1) is 5.69 Å². The number of aliphatic hydroxyl groups excluding tert-OH is 1. The van der Waals surface area contributed by atoms with Gasteiger partial charge in [0.25, 0.3) is 0 Å². The van der Waals surface area contributed by atoms with E-state index in [4.69, 9.17) is 0 Å². The van der Waals surface area contributed by atoms with E-state index in [1.165, 1.54) is 11.1 Å². The predicted octanol–water partition coefficient (Wildman–Crippen LogP) is 2.60. The molecule has 0 aliphatic carbocycles. The predicted molar refractivity (Wildman–Crippen MR) is 67.9 cm³/mol. The number of aromatic nitrogens is 2. The normalized spacial score (nSPS) is 12.7. The lowest BCUT2D eigenvalue weighted by atomic mass is 10.0. The molecule has 3 heteroatoms. The number of nitrogens with zero attached hydrogens (tertiary/aromatic N) is 2. The van der Waals surface area contributed by atoms with Crippen molar-refractivity contribution in [3.05, 3.63) is 52.8 Å². The molecular weight excluding hydrogens is 212 g/mol. The Hall–Kier alpha value is -1.61. The molecule has 0 bridgehead atoms. The van der Waals surface area contributed by atoms with Gasteiger partial charge in [-0.05, 0) is 43.5 Å². The third-order valence-electron chi connectivity index (χ3n) is 3.18. The minimum absolute atomic E-state index is 0.600. The molecule has 0 spiro atoms. The topological polar surface area (TPSA) is 38.0 Å². The number of rotatable bonds is 3. The lowest BCUT2D eigenvalue weighted by Gasteiger charge is -2.14. The van der Waals surface area contributed by atoms with Crippen molar-refractivity contribution in [2.45, 2.75) is 33.4 Å². The van der Waals surface area contributed by atoms with Gasteiger partial charge in [0.2, 0.25) is 0 Å². The van der Waals surface area contributed by atoms with Crippen molar-refractivity contribution >= 4 is 0 Å². The van der Waals surface area contributed by atoms with E-state index in [9.17, 15) is 5.11 Å². The fraction of sp³-hybridized carbons (Fsp3) is 0.357. The molecule has 2 aromatic rings. The molecule has 1 unspecified atom stereocenters. The van der Waals surface area contributed by atoms with Gasteiger partial charge in [-0.3, -0.25) is 4.68 Å². The molecule has 0 saturated heterocycles. The third kappa shape index (κ3) is 2.24. The van der Waals surface area contributed by atoms with Crippen molar-refractivity contribution in [3.8, 4) is 0 Å². The molecule has 0 fully saturated rings. The molecule has 1 atom stereocenters. The highest BCUT2D eigenvalue weighted by molar-refractivity contribution is 5.34. The molecule has 0 aliphatic rings. The first-order valence-electron chi connectivity index (χ1n) is 5.90. The second-order valence-electron chi connectivity index (χ2n) is 4.32. The van der Waals surface area contributed by atoms with E-state index >= 15 is 0 Å². The summed E-state index contributed by atoms with van der Waals surface area (Å²) >= 11 is 0. The first-order chi connectivity index (χ1) is 8.13. The van der Waals surface area contributed by atoms with Crippen LogP contribution in [-0.4, -0.2) is 14.9 Å². The Kier molecular flexibility index (Phi) is 3.29. The van der Waals surface area contributed by atoms with Crippen molar-refractivity contribution in [3.63, 3.8) is 0 Å². The van der Waals surface area contributed by atoms with Crippen LogP contribution in [-0.2, 0) is 6.54 Å². The van der Waals surface area contributed by atoms with Gasteiger partial charge in [0, 0.05) is 12.7 Å². The van der Waals surface area contributed by atoms with Gasteiger partial charge in [-0.15, -0.1) is 0 Å². The summed E-state index contributed by atoms with van der Waals surface area (Å²) in [6.45, 7) is 6.91. The zero-order chi connectivity index (χ0) is 12.4. The zero-order valence-electron chi connectivity index (χ0n) is 10.5. The number of benzene rings is 1. The molecule has 1 aromatic heterocycles. The average molecular weight is 230 g/mol. The van der Waals surface area contributed by atoms with Crippen LogP contribution in [0.4, 0.5) is 0 Å². The lowest BCUT2D eigenvalue weighted by Crippen LogP contribution is -2.09. The molecule has 90 valence electrons. The average Bonchev–Trinajstić information content (AvgIpc) is 2.80. The smallest absolute Gasteiger partial charge is 0.121 e. The number of hydrogen-bond acceptors (Lipinski definition) is 2. The summed E-state index contributed by atoms with van der Waals surface area (Å²) < 4.78 is 1.82. The van der Waals surface area contributed by atoms with Crippen molar-refractivity contribution < 1.29 is 5.11 Å². The molecule has 2 rings (SSSR count). The van der Waals surface area contributed by atoms with Crippen LogP contribution in [0.25, 0.3) is 0 Å². The summed E-state index contributed by atoms with van der Waals surface area (Å²) in [7, 11) is 0. The minimum atomic E-state index is -0.600. The summed E-state index contributed by atoms with van der Waals surface area (Å²) in [6, 6.07) is 7.91. The molecule has 0 amide bonds. The van der Waals surface area contributed by atoms with Gasteiger partial charge in [0.15, 0.2) is 0 Å². The Morgan fingerprint density at radius 1 is 1.24 bits per heavy atom. The van der Waals surface area contributed by atoms with E-state index in [1.54, 1.807) is 6.20 Å². The maximum absolute atomic E-state index is 10.3. The second-order valence-corrected chi connectivity index (χ2v) is 4.32. The molecule has 0 saturated carbocycles. The van der Waals surface area contributed by atoms with Gasteiger partial charge in [-0.1, -0.05) is 18.2 Å². The maximum Gasteiger partial charge on any atom is 0.121 e. The number of hydrogen-bond donors (Lipinski definition) is 1. The largest absolute Gasteiger partial charge is 0.382 e. The molecule has 1 heterocycles. The van der Waals surface area contributed by atoms with Crippen LogP contribution in [0, 0.1) is 13.8 Å². The van der Waals surface area contributed by atoms with E-state index < -0.39 is 6.10 Å². The van der Waals surface area contributed by atoms with Crippen LogP contribution in [0.15, 0.2) is 30.5 Å². The summed E-state index contributed by atoms with van der Waals surface area (Å²) in [5.41, 5.74) is 4.20. The SMILES string of the molecule is CCn1nccc1C(O)c1ccc(C)c(C)c1. The van der Waals surface area contributed by atoms with Crippen molar-refractivity contribution in [2.24, 2.45) is 0 Å². The fourth-order valence-electron chi connectivity index (χ4n) is 1.94. The van der Waals surface area contributed by atoms with Crippen molar-refractivity contribution in [2.75, 3.05) is 0 Å². The van der Waals surface area contributed by atoms with E-state index in [2.05, 4.69) is 18.9 Å². The summed E-state index contributed by atoms with van der Waals surface area (Å²) in [5.74, 6) is 0. The second kappa shape index (κ2) is 4.72. The Morgan fingerprint density at radius 2 is 2.00 bits per heavy atom. The van der Waals surface area contributed by atoms with Gasteiger partial charge >= 0.3 is 0 Å². The fourth-order valence-corrected chi connectivity index (χ4v) is 1.94. The molecule has 0 aliphatic heterocycles. The van der Waals surface area contributed by atoms with Gasteiger partial charge < -0.3 is 5.11 Å². The van der Waals surface area contributed by atoms with Crippen LogP contribution in [0.5, 0.6) is 0 Å². The molecular formula is C14H18N2O.